The monoisotopic (exact) mass is 456 g/mol. The molecule has 0 bridgehead atoms. The third-order valence-electron chi connectivity index (χ3n) is 4.92. The lowest BCUT2D eigenvalue weighted by Crippen LogP contribution is -2.30. The SMILES string of the molecule is C=Nc1oc2c(-c3n(C)c4ccccc4[n+]3C)c(C)ccc2c1/C=C\I. The molecule has 0 spiro atoms. The predicted octanol–water partition coefficient (Wildman–Crippen LogP) is 5.46. The van der Waals surface area contributed by atoms with Crippen LogP contribution in [0.2, 0.25) is 0 Å². The third kappa shape index (κ3) is 2.34. The van der Waals surface area contributed by atoms with Crippen molar-refractivity contribution in [3.63, 3.8) is 0 Å². The van der Waals surface area contributed by atoms with Gasteiger partial charge >= 0.3 is 0 Å². The van der Waals surface area contributed by atoms with E-state index in [1.165, 1.54) is 11.0 Å². The van der Waals surface area contributed by atoms with Gasteiger partial charge in [-0.2, -0.15) is 0 Å². The Morgan fingerprint density at radius 1 is 1.23 bits per heavy atom. The number of benzene rings is 2. The molecule has 2 heterocycles. The van der Waals surface area contributed by atoms with Gasteiger partial charge in [-0.05, 0) is 41.5 Å². The summed E-state index contributed by atoms with van der Waals surface area (Å²) in [5.41, 5.74) is 6.42. The number of aliphatic imine (C=N–C) groups is 1. The number of imidazole rings is 1. The van der Waals surface area contributed by atoms with E-state index in [-0.39, 0.29) is 0 Å². The third-order valence-corrected chi connectivity index (χ3v) is 5.28. The second kappa shape index (κ2) is 6.39. The highest BCUT2D eigenvalue weighted by molar-refractivity contribution is 14.1. The highest BCUT2D eigenvalue weighted by Crippen LogP contribution is 2.40. The van der Waals surface area contributed by atoms with E-state index in [1.54, 1.807) is 0 Å². The van der Waals surface area contributed by atoms with Crippen LogP contribution < -0.4 is 4.57 Å². The van der Waals surface area contributed by atoms with Crippen molar-refractivity contribution >= 4 is 63.3 Å². The Bertz CT molecular complexity index is 1160. The highest BCUT2D eigenvalue weighted by atomic mass is 127. The summed E-state index contributed by atoms with van der Waals surface area (Å²) in [6, 6.07) is 12.6. The van der Waals surface area contributed by atoms with Crippen molar-refractivity contribution in [3.05, 3.63) is 51.6 Å². The molecule has 0 aliphatic carbocycles. The number of hydrogen-bond acceptors (Lipinski definition) is 2. The van der Waals surface area contributed by atoms with E-state index in [4.69, 9.17) is 4.42 Å². The summed E-state index contributed by atoms with van der Waals surface area (Å²) >= 11 is 2.21. The van der Waals surface area contributed by atoms with Crippen LogP contribution in [-0.4, -0.2) is 11.3 Å². The van der Waals surface area contributed by atoms with Gasteiger partial charge in [0.25, 0.3) is 5.82 Å². The first-order chi connectivity index (χ1) is 12.6. The van der Waals surface area contributed by atoms with Crippen molar-refractivity contribution in [1.82, 2.24) is 4.57 Å². The Hall–Kier alpha value is -2.41. The molecular weight excluding hydrogens is 437 g/mol. The number of rotatable bonds is 3. The predicted molar refractivity (Wildman–Crippen MR) is 116 cm³/mol. The summed E-state index contributed by atoms with van der Waals surface area (Å²) in [4.78, 5) is 4.09. The van der Waals surface area contributed by atoms with Gasteiger partial charge in [0.2, 0.25) is 5.88 Å². The molecule has 130 valence electrons. The molecular formula is C21H19IN3O+. The lowest BCUT2D eigenvalue weighted by Gasteiger charge is -2.04. The summed E-state index contributed by atoms with van der Waals surface area (Å²) in [5, 5.41) is 1.05. The van der Waals surface area contributed by atoms with E-state index in [0.29, 0.717) is 5.88 Å². The van der Waals surface area contributed by atoms with Crippen molar-refractivity contribution in [2.45, 2.75) is 6.92 Å². The topological polar surface area (TPSA) is 34.3 Å². The molecule has 0 unspecified atom stereocenters. The van der Waals surface area contributed by atoms with Gasteiger partial charge in [-0.1, -0.05) is 46.9 Å². The molecule has 0 aliphatic rings. The fourth-order valence-corrected chi connectivity index (χ4v) is 4.07. The molecule has 0 fully saturated rings. The van der Waals surface area contributed by atoms with Gasteiger partial charge in [-0.3, -0.25) is 0 Å². The molecule has 0 N–H and O–H groups in total. The highest BCUT2D eigenvalue weighted by Gasteiger charge is 2.27. The van der Waals surface area contributed by atoms with Gasteiger partial charge in [-0.25, -0.2) is 14.1 Å². The Kier molecular flexibility index (Phi) is 4.19. The fourth-order valence-electron chi connectivity index (χ4n) is 3.71. The Morgan fingerprint density at radius 3 is 2.69 bits per heavy atom. The lowest BCUT2D eigenvalue weighted by atomic mass is 10.0. The van der Waals surface area contributed by atoms with Gasteiger partial charge in [0.15, 0.2) is 16.6 Å². The molecule has 0 amide bonds. The van der Waals surface area contributed by atoms with Crippen LogP contribution in [0, 0.1) is 6.92 Å². The zero-order chi connectivity index (χ0) is 18.4. The van der Waals surface area contributed by atoms with E-state index in [1.807, 2.05) is 10.2 Å². The van der Waals surface area contributed by atoms with Crippen molar-refractivity contribution in [2.75, 3.05) is 0 Å². The van der Waals surface area contributed by atoms with Crippen LogP contribution in [0.4, 0.5) is 5.88 Å². The maximum Gasteiger partial charge on any atom is 0.293 e. The van der Waals surface area contributed by atoms with E-state index in [9.17, 15) is 0 Å². The van der Waals surface area contributed by atoms with Gasteiger partial charge in [-0.15, -0.1) is 0 Å². The molecule has 0 radical (unpaired) electrons. The molecule has 5 heteroatoms. The van der Waals surface area contributed by atoms with Gasteiger partial charge in [0, 0.05) is 10.9 Å². The Balaban J connectivity index is 2.16. The minimum absolute atomic E-state index is 0.557. The quantitative estimate of drug-likeness (QED) is 0.229. The average Bonchev–Trinajstić information content (AvgIpc) is 3.12. The number of nitrogens with zero attached hydrogens (tertiary/aromatic N) is 3. The van der Waals surface area contributed by atoms with Crippen molar-refractivity contribution in [3.8, 4) is 11.4 Å². The van der Waals surface area contributed by atoms with E-state index in [2.05, 4.69) is 101 Å². The van der Waals surface area contributed by atoms with E-state index >= 15 is 0 Å². The smallest absolute Gasteiger partial charge is 0.293 e. The zero-order valence-electron chi connectivity index (χ0n) is 15.0. The number of halogens is 1. The summed E-state index contributed by atoms with van der Waals surface area (Å²) in [6.45, 7) is 5.79. The van der Waals surface area contributed by atoms with Gasteiger partial charge in [0.1, 0.15) is 5.56 Å². The van der Waals surface area contributed by atoms with Crippen molar-refractivity contribution in [1.29, 1.82) is 0 Å². The minimum atomic E-state index is 0.557. The summed E-state index contributed by atoms with van der Waals surface area (Å²) in [5.74, 6) is 1.66. The number of para-hydroxylation sites is 2. The number of fused-ring (bicyclic) bond motifs is 2. The standard InChI is InChI=1S/C21H19IN3O/c1-13-9-10-14-15(11-12-22)20(23-2)26-19(14)18(13)21-24(3)16-7-5-6-8-17(16)25(21)4/h5-12H,2H2,1,3-4H3/q+1/b12-11-. The van der Waals surface area contributed by atoms with Gasteiger partial charge < -0.3 is 4.42 Å². The van der Waals surface area contributed by atoms with E-state index < -0.39 is 0 Å². The zero-order valence-corrected chi connectivity index (χ0v) is 17.1. The molecule has 4 nitrogen and oxygen atoms in total. The normalized spacial score (nSPS) is 11.8. The molecule has 0 saturated carbocycles. The first-order valence-corrected chi connectivity index (χ1v) is 9.56. The first kappa shape index (κ1) is 17.0. The maximum absolute atomic E-state index is 6.16. The molecule has 0 aliphatic heterocycles. The number of aryl methyl sites for hydroxylation is 3. The van der Waals surface area contributed by atoms with Crippen LogP contribution in [-0.2, 0) is 14.1 Å². The second-order valence-corrected chi connectivity index (χ2v) is 7.06. The summed E-state index contributed by atoms with van der Waals surface area (Å²) in [7, 11) is 4.19. The largest absolute Gasteiger partial charge is 0.437 e. The Morgan fingerprint density at radius 2 is 2.00 bits per heavy atom. The van der Waals surface area contributed by atoms with Crippen LogP contribution in [0.3, 0.4) is 0 Å². The van der Waals surface area contributed by atoms with Crippen LogP contribution >= 0.6 is 22.6 Å². The van der Waals surface area contributed by atoms with E-state index in [0.717, 1.165) is 33.5 Å². The first-order valence-electron chi connectivity index (χ1n) is 8.32. The average molecular weight is 456 g/mol. The summed E-state index contributed by atoms with van der Waals surface area (Å²) in [6.07, 6.45) is 2.01. The minimum Gasteiger partial charge on any atom is -0.437 e. The van der Waals surface area contributed by atoms with Crippen LogP contribution in [0.1, 0.15) is 11.1 Å². The van der Waals surface area contributed by atoms with Gasteiger partial charge in [0.05, 0.1) is 14.1 Å². The molecule has 4 aromatic rings. The second-order valence-electron chi connectivity index (χ2n) is 6.34. The van der Waals surface area contributed by atoms with Crippen molar-refractivity contribution in [2.24, 2.45) is 19.1 Å². The number of hydrogen-bond donors (Lipinski definition) is 0. The molecule has 2 aromatic carbocycles. The lowest BCUT2D eigenvalue weighted by molar-refractivity contribution is -0.634. The van der Waals surface area contributed by atoms with Crippen LogP contribution in [0.25, 0.3) is 39.5 Å². The number of furan rings is 1. The van der Waals surface area contributed by atoms with Crippen molar-refractivity contribution < 1.29 is 8.98 Å². The van der Waals surface area contributed by atoms with Crippen LogP contribution in [0.5, 0.6) is 0 Å². The molecule has 4 rings (SSSR count). The van der Waals surface area contributed by atoms with Crippen LogP contribution in [0.15, 0.2) is 49.9 Å². The fraction of sp³-hybridized carbons (Fsp3) is 0.143. The molecule has 26 heavy (non-hydrogen) atoms. The maximum atomic E-state index is 6.16. The Labute approximate surface area is 165 Å². The molecule has 0 atom stereocenters. The molecule has 2 aromatic heterocycles. The molecule has 0 saturated heterocycles. The number of aromatic nitrogens is 2. The summed E-state index contributed by atoms with van der Waals surface area (Å²) < 4.78 is 12.6.